The van der Waals surface area contributed by atoms with Gasteiger partial charge in [0.2, 0.25) is 0 Å². The second kappa shape index (κ2) is 8.68. The lowest BCUT2D eigenvalue weighted by Gasteiger charge is -2.13. The van der Waals surface area contributed by atoms with Crippen molar-refractivity contribution >= 4 is 23.2 Å². The van der Waals surface area contributed by atoms with Gasteiger partial charge in [-0.15, -0.1) is 0 Å². The normalized spacial score (nSPS) is 10.8. The molecule has 2 aromatic carbocycles. The molecular weight excluding hydrogens is 364 g/mol. The molecular formula is C20H21ClN4O2. The van der Waals surface area contributed by atoms with Crippen LogP contribution in [0, 0.1) is 5.92 Å². The van der Waals surface area contributed by atoms with Gasteiger partial charge in [0.1, 0.15) is 24.1 Å². The van der Waals surface area contributed by atoms with Crippen molar-refractivity contribution in [3.8, 4) is 11.4 Å². The van der Waals surface area contributed by atoms with Crippen LogP contribution in [0.3, 0.4) is 0 Å². The Morgan fingerprint density at radius 3 is 2.67 bits per heavy atom. The van der Waals surface area contributed by atoms with E-state index in [1.807, 2.05) is 0 Å². The molecule has 0 atom stereocenters. The van der Waals surface area contributed by atoms with E-state index >= 15 is 0 Å². The molecule has 1 aromatic heterocycles. The largest absolute Gasteiger partial charge is 0.494 e. The highest BCUT2D eigenvalue weighted by molar-refractivity contribution is 6.33. The minimum atomic E-state index is -0.243. The highest BCUT2D eigenvalue weighted by atomic mass is 35.5. The van der Waals surface area contributed by atoms with Crippen molar-refractivity contribution in [1.82, 2.24) is 14.8 Å². The molecule has 6 nitrogen and oxygen atoms in total. The zero-order chi connectivity index (χ0) is 19.2. The van der Waals surface area contributed by atoms with Gasteiger partial charge in [-0.25, -0.2) is 9.67 Å². The van der Waals surface area contributed by atoms with Gasteiger partial charge in [-0.3, -0.25) is 4.79 Å². The first-order valence-corrected chi connectivity index (χ1v) is 9.10. The number of carbonyl (C=O) groups excluding carboxylic acids is 1. The predicted octanol–water partition coefficient (Wildman–Crippen LogP) is 4.60. The van der Waals surface area contributed by atoms with Crippen LogP contribution in [0.5, 0.6) is 5.75 Å². The second-order valence-electron chi connectivity index (χ2n) is 6.49. The van der Waals surface area contributed by atoms with Gasteiger partial charge in [0.15, 0.2) is 0 Å². The van der Waals surface area contributed by atoms with E-state index in [0.29, 0.717) is 34.5 Å². The quantitative estimate of drug-likeness (QED) is 0.646. The van der Waals surface area contributed by atoms with Gasteiger partial charge in [0, 0.05) is 5.56 Å². The number of ether oxygens (including phenoxy) is 1. The summed E-state index contributed by atoms with van der Waals surface area (Å²) < 4.78 is 7.20. The summed E-state index contributed by atoms with van der Waals surface area (Å²) in [6, 6.07) is 12.3. The smallest absolute Gasteiger partial charge is 0.255 e. The minimum absolute atomic E-state index is 0.243. The van der Waals surface area contributed by atoms with Crippen LogP contribution in [0.25, 0.3) is 5.69 Å². The zero-order valence-corrected chi connectivity index (χ0v) is 16.0. The zero-order valence-electron chi connectivity index (χ0n) is 15.2. The summed E-state index contributed by atoms with van der Waals surface area (Å²) in [6.07, 6.45) is 3.93. The molecule has 0 saturated carbocycles. The summed E-state index contributed by atoms with van der Waals surface area (Å²) in [6.45, 7) is 4.97. The standard InChI is InChI=1S/C20H21ClN4O2/c1-14(2)10-11-27-16-8-6-15(7-9-16)20(26)24-18-5-3-4-17(21)19(18)25-13-22-12-23-25/h3-9,12-14H,10-11H2,1-2H3,(H,24,26). The number of aromatic nitrogens is 3. The molecule has 0 spiro atoms. The van der Waals surface area contributed by atoms with Gasteiger partial charge in [-0.05, 0) is 48.7 Å². The molecule has 0 aliphatic heterocycles. The fourth-order valence-corrected chi connectivity index (χ4v) is 2.74. The maximum Gasteiger partial charge on any atom is 0.255 e. The number of para-hydroxylation sites is 1. The van der Waals surface area contributed by atoms with Crippen LogP contribution in [-0.2, 0) is 0 Å². The molecule has 140 valence electrons. The molecule has 27 heavy (non-hydrogen) atoms. The summed E-state index contributed by atoms with van der Waals surface area (Å²) in [5.74, 6) is 1.09. The SMILES string of the molecule is CC(C)CCOc1ccc(C(=O)Nc2cccc(Cl)c2-n2cncn2)cc1. The lowest BCUT2D eigenvalue weighted by atomic mass is 10.1. The van der Waals surface area contributed by atoms with E-state index in [-0.39, 0.29) is 5.91 Å². The Balaban J connectivity index is 1.72. The third-order valence-corrected chi connectivity index (χ3v) is 4.27. The van der Waals surface area contributed by atoms with Crippen LogP contribution < -0.4 is 10.1 Å². The number of nitrogens with zero attached hydrogens (tertiary/aromatic N) is 3. The van der Waals surface area contributed by atoms with E-state index in [9.17, 15) is 4.79 Å². The van der Waals surface area contributed by atoms with Gasteiger partial charge < -0.3 is 10.1 Å². The Kier molecular flexibility index (Phi) is 6.08. The van der Waals surface area contributed by atoms with Crippen molar-refractivity contribution in [1.29, 1.82) is 0 Å². The molecule has 0 bridgehead atoms. The molecule has 1 amide bonds. The average molecular weight is 385 g/mol. The van der Waals surface area contributed by atoms with Gasteiger partial charge in [-0.1, -0.05) is 31.5 Å². The Morgan fingerprint density at radius 2 is 2.00 bits per heavy atom. The average Bonchev–Trinajstić information content (AvgIpc) is 3.16. The Labute approximate surface area is 163 Å². The number of carbonyl (C=O) groups is 1. The highest BCUT2D eigenvalue weighted by Gasteiger charge is 2.14. The monoisotopic (exact) mass is 384 g/mol. The fraction of sp³-hybridized carbons (Fsp3) is 0.250. The van der Waals surface area contributed by atoms with Crippen molar-refractivity contribution in [3.63, 3.8) is 0 Å². The number of hydrogen-bond donors (Lipinski definition) is 1. The second-order valence-corrected chi connectivity index (χ2v) is 6.89. The maximum atomic E-state index is 12.6. The third-order valence-electron chi connectivity index (χ3n) is 3.96. The summed E-state index contributed by atoms with van der Waals surface area (Å²) in [5, 5.41) is 7.44. The number of anilines is 1. The minimum Gasteiger partial charge on any atom is -0.494 e. The van der Waals surface area contributed by atoms with E-state index in [1.165, 1.54) is 17.3 Å². The molecule has 1 heterocycles. The summed E-state index contributed by atoms with van der Waals surface area (Å²) in [5.41, 5.74) is 1.64. The number of halogens is 1. The molecule has 3 rings (SSSR count). The van der Waals surface area contributed by atoms with Gasteiger partial charge in [-0.2, -0.15) is 5.10 Å². The summed E-state index contributed by atoms with van der Waals surface area (Å²) in [7, 11) is 0. The lowest BCUT2D eigenvalue weighted by molar-refractivity contribution is 0.102. The van der Waals surface area contributed by atoms with Crippen LogP contribution in [-0.4, -0.2) is 27.3 Å². The number of benzene rings is 2. The van der Waals surface area contributed by atoms with E-state index in [2.05, 4.69) is 29.2 Å². The van der Waals surface area contributed by atoms with E-state index in [0.717, 1.165) is 12.2 Å². The molecule has 7 heteroatoms. The summed E-state index contributed by atoms with van der Waals surface area (Å²) >= 11 is 6.29. The van der Waals surface area contributed by atoms with Crippen LogP contribution in [0.1, 0.15) is 30.6 Å². The number of amides is 1. The molecule has 0 aliphatic carbocycles. The highest BCUT2D eigenvalue weighted by Crippen LogP contribution is 2.28. The molecule has 3 aromatic rings. The Bertz CT molecular complexity index is 893. The topological polar surface area (TPSA) is 69.0 Å². The molecule has 0 unspecified atom stereocenters. The predicted molar refractivity (Wildman–Crippen MR) is 106 cm³/mol. The van der Waals surface area contributed by atoms with Gasteiger partial charge in [0.25, 0.3) is 5.91 Å². The molecule has 0 aliphatic rings. The third kappa shape index (κ3) is 4.86. The van der Waals surface area contributed by atoms with Crippen LogP contribution in [0.2, 0.25) is 5.02 Å². The summed E-state index contributed by atoms with van der Waals surface area (Å²) in [4.78, 5) is 16.6. The van der Waals surface area contributed by atoms with Gasteiger partial charge >= 0.3 is 0 Å². The molecule has 0 radical (unpaired) electrons. The van der Waals surface area contributed by atoms with Gasteiger partial charge in [0.05, 0.1) is 17.3 Å². The molecule has 0 saturated heterocycles. The first kappa shape index (κ1) is 18.9. The number of nitrogens with one attached hydrogen (secondary N) is 1. The number of hydrogen-bond acceptors (Lipinski definition) is 4. The van der Waals surface area contributed by atoms with Crippen LogP contribution in [0.15, 0.2) is 55.1 Å². The Morgan fingerprint density at radius 1 is 1.22 bits per heavy atom. The van der Waals surface area contributed by atoms with Crippen molar-refractivity contribution in [2.75, 3.05) is 11.9 Å². The number of rotatable bonds is 7. The van der Waals surface area contributed by atoms with Crippen molar-refractivity contribution in [2.24, 2.45) is 5.92 Å². The lowest BCUT2D eigenvalue weighted by Crippen LogP contribution is -2.14. The van der Waals surface area contributed by atoms with Crippen molar-refractivity contribution in [2.45, 2.75) is 20.3 Å². The maximum absolute atomic E-state index is 12.6. The Hall–Kier alpha value is -2.86. The van der Waals surface area contributed by atoms with E-state index in [4.69, 9.17) is 16.3 Å². The fourth-order valence-electron chi connectivity index (χ4n) is 2.48. The van der Waals surface area contributed by atoms with E-state index in [1.54, 1.807) is 42.5 Å². The molecule has 0 fully saturated rings. The molecule has 1 N–H and O–H groups in total. The first-order valence-electron chi connectivity index (χ1n) is 8.72. The van der Waals surface area contributed by atoms with Crippen molar-refractivity contribution in [3.05, 3.63) is 65.7 Å². The van der Waals surface area contributed by atoms with Crippen molar-refractivity contribution < 1.29 is 9.53 Å². The van der Waals surface area contributed by atoms with Crippen LogP contribution in [0.4, 0.5) is 5.69 Å². The first-order chi connectivity index (χ1) is 13.0. The van der Waals surface area contributed by atoms with E-state index < -0.39 is 0 Å². The van der Waals surface area contributed by atoms with Crippen LogP contribution >= 0.6 is 11.6 Å².